The van der Waals surface area contributed by atoms with Crippen LogP contribution in [0.5, 0.6) is 0 Å². The Hall–Kier alpha value is -0.570. The van der Waals surface area contributed by atoms with E-state index < -0.39 is 5.97 Å². The third-order valence-corrected chi connectivity index (χ3v) is 4.85. The first-order valence-electron chi connectivity index (χ1n) is 7.47. The summed E-state index contributed by atoms with van der Waals surface area (Å²) in [4.78, 5) is 13.8. The number of likely N-dealkylation sites (tertiary alicyclic amines) is 1. The molecule has 0 bridgehead atoms. The van der Waals surface area contributed by atoms with Crippen LogP contribution in [0.4, 0.5) is 0 Å². The summed E-state index contributed by atoms with van der Waals surface area (Å²) in [6, 6.07) is 0.244. The van der Waals surface area contributed by atoms with Gasteiger partial charge in [0, 0.05) is 6.04 Å². The number of hydrogen-bond acceptors (Lipinski definition) is 2. The topological polar surface area (TPSA) is 40.5 Å². The Labute approximate surface area is 111 Å². The van der Waals surface area contributed by atoms with Gasteiger partial charge in [0.1, 0.15) is 6.04 Å². The van der Waals surface area contributed by atoms with E-state index >= 15 is 0 Å². The van der Waals surface area contributed by atoms with E-state index in [1.54, 1.807) is 0 Å². The van der Waals surface area contributed by atoms with Gasteiger partial charge in [0.05, 0.1) is 0 Å². The summed E-state index contributed by atoms with van der Waals surface area (Å²) in [5.41, 5.74) is 0. The van der Waals surface area contributed by atoms with Crippen LogP contribution in [0.3, 0.4) is 0 Å². The molecule has 0 radical (unpaired) electrons. The first-order chi connectivity index (χ1) is 8.49. The molecule has 104 valence electrons. The molecule has 0 aromatic carbocycles. The standard InChI is InChI=1S/C15H27NO2/c1-10-7-11(2)9-13(8-10)16-6-4-5-12(3)14(16)15(17)18/h10-14H,4-9H2,1-3H3,(H,17,18). The first-order valence-corrected chi connectivity index (χ1v) is 7.47. The number of rotatable bonds is 2. The zero-order chi connectivity index (χ0) is 13.3. The molecular formula is C15H27NO2. The Bertz CT molecular complexity index is 295. The maximum absolute atomic E-state index is 11.5. The van der Waals surface area contributed by atoms with Crippen molar-refractivity contribution < 1.29 is 9.90 Å². The summed E-state index contributed by atoms with van der Waals surface area (Å²) in [7, 11) is 0. The van der Waals surface area contributed by atoms with Gasteiger partial charge in [-0.05, 0) is 56.4 Å². The summed E-state index contributed by atoms with van der Waals surface area (Å²) in [6.45, 7) is 7.70. The molecule has 0 aromatic heterocycles. The fourth-order valence-corrected chi connectivity index (χ4v) is 4.19. The smallest absolute Gasteiger partial charge is 0.321 e. The van der Waals surface area contributed by atoms with Gasteiger partial charge < -0.3 is 5.11 Å². The summed E-state index contributed by atoms with van der Waals surface area (Å²) in [5, 5.41) is 9.50. The second-order valence-electron chi connectivity index (χ2n) is 6.71. The number of carbonyl (C=O) groups is 1. The molecule has 1 N–H and O–H groups in total. The maximum Gasteiger partial charge on any atom is 0.321 e. The van der Waals surface area contributed by atoms with Crippen molar-refractivity contribution >= 4 is 5.97 Å². The van der Waals surface area contributed by atoms with E-state index in [9.17, 15) is 9.90 Å². The quantitative estimate of drug-likeness (QED) is 0.822. The number of carboxylic acids is 1. The van der Waals surface area contributed by atoms with E-state index in [0.29, 0.717) is 12.0 Å². The summed E-state index contributed by atoms with van der Waals surface area (Å²) in [5.74, 6) is 1.16. The molecule has 0 aromatic rings. The van der Waals surface area contributed by atoms with E-state index in [4.69, 9.17) is 0 Å². The molecular weight excluding hydrogens is 226 g/mol. The molecule has 0 amide bonds. The van der Waals surface area contributed by atoms with Crippen molar-refractivity contribution in [3.8, 4) is 0 Å². The number of hydrogen-bond donors (Lipinski definition) is 1. The minimum atomic E-state index is -0.618. The summed E-state index contributed by atoms with van der Waals surface area (Å²) >= 11 is 0. The van der Waals surface area contributed by atoms with E-state index in [2.05, 4.69) is 25.7 Å². The van der Waals surface area contributed by atoms with Gasteiger partial charge in [-0.15, -0.1) is 0 Å². The van der Waals surface area contributed by atoms with E-state index in [1.807, 2.05) is 0 Å². The molecule has 4 atom stereocenters. The van der Waals surface area contributed by atoms with Gasteiger partial charge in [-0.3, -0.25) is 9.69 Å². The lowest BCUT2D eigenvalue weighted by atomic mass is 9.78. The van der Waals surface area contributed by atoms with Crippen molar-refractivity contribution in [1.82, 2.24) is 4.90 Å². The van der Waals surface area contributed by atoms with Gasteiger partial charge in [-0.25, -0.2) is 0 Å². The van der Waals surface area contributed by atoms with E-state index in [1.165, 1.54) is 19.3 Å². The van der Waals surface area contributed by atoms with Crippen LogP contribution in [-0.2, 0) is 4.79 Å². The molecule has 3 nitrogen and oxygen atoms in total. The van der Waals surface area contributed by atoms with Crippen molar-refractivity contribution in [2.24, 2.45) is 17.8 Å². The summed E-state index contributed by atoms with van der Waals surface area (Å²) in [6.07, 6.45) is 5.88. The molecule has 3 heteroatoms. The van der Waals surface area contributed by atoms with Gasteiger partial charge in [-0.1, -0.05) is 20.8 Å². The Morgan fingerprint density at radius 2 is 1.72 bits per heavy atom. The monoisotopic (exact) mass is 253 g/mol. The van der Waals surface area contributed by atoms with Crippen LogP contribution in [0.25, 0.3) is 0 Å². The molecule has 2 fully saturated rings. The fourth-order valence-electron chi connectivity index (χ4n) is 4.19. The zero-order valence-electron chi connectivity index (χ0n) is 11.9. The van der Waals surface area contributed by atoms with Crippen LogP contribution in [0.15, 0.2) is 0 Å². The Morgan fingerprint density at radius 3 is 2.28 bits per heavy atom. The molecule has 1 saturated heterocycles. The molecule has 4 unspecified atom stereocenters. The number of piperidine rings is 1. The molecule has 1 saturated carbocycles. The highest BCUT2D eigenvalue weighted by Crippen LogP contribution is 2.35. The minimum absolute atomic E-state index is 0.249. The largest absolute Gasteiger partial charge is 0.480 e. The highest BCUT2D eigenvalue weighted by atomic mass is 16.4. The van der Waals surface area contributed by atoms with Gasteiger partial charge in [0.2, 0.25) is 0 Å². The number of nitrogens with zero attached hydrogens (tertiary/aromatic N) is 1. The highest BCUT2D eigenvalue weighted by molar-refractivity contribution is 5.74. The predicted molar refractivity (Wildman–Crippen MR) is 72.5 cm³/mol. The highest BCUT2D eigenvalue weighted by Gasteiger charge is 2.39. The molecule has 0 spiro atoms. The SMILES string of the molecule is CC1CC(C)CC(N2CCCC(C)C2C(=O)O)C1. The average molecular weight is 253 g/mol. The van der Waals surface area contributed by atoms with E-state index in [0.717, 1.165) is 31.2 Å². The fraction of sp³-hybridized carbons (Fsp3) is 0.933. The lowest BCUT2D eigenvalue weighted by Crippen LogP contribution is -2.55. The first kappa shape index (κ1) is 13.9. The molecule has 1 heterocycles. The van der Waals surface area contributed by atoms with Crippen molar-refractivity contribution in [2.45, 2.75) is 65.0 Å². The maximum atomic E-state index is 11.5. The molecule has 1 aliphatic heterocycles. The summed E-state index contributed by atoms with van der Waals surface area (Å²) < 4.78 is 0. The third-order valence-electron chi connectivity index (χ3n) is 4.85. The van der Waals surface area contributed by atoms with Crippen LogP contribution in [0, 0.1) is 17.8 Å². The molecule has 18 heavy (non-hydrogen) atoms. The van der Waals surface area contributed by atoms with E-state index in [-0.39, 0.29) is 6.04 Å². The van der Waals surface area contributed by atoms with Crippen LogP contribution in [0.2, 0.25) is 0 Å². The van der Waals surface area contributed by atoms with Gasteiger partial charge >= 0.3 is 5.97 Å². The van der Waals surface area contributed by atoms with Crippen LogP contribution in [0.1, 0.15) is 52.9 Å². The molecule has 2 aliphatic rings. The lowest BCUT2D eigenvalue weighted by molar-refractivity contribution is -0.149. The molecule has 2 rings (SSSR count). The van der Waals surface area contributed by atoms with Crippen molar-refractivity contribution in [1.29, 1.82) is 0 Å². The third kappa shape index (κ3) is 2.87. The van der Waals surface area contributed by atoms with Crippen molar-refractivity contribution in [3.05, 3.63) is 0 Å². The zero-order valence-corrected chi connectivity index (χ0v) is 11.9. The molecule has 1 aliphatic carbocycles. The van der Waals surface area contributed by atoms with Gasteiger partial charge in [0.15, 0.2) is 0 Å². The number of carboxylic acid groups (broad SMARTS) is 1. The van der Waals surface area contributed by atoms with Crippen LogP contribution >= 0.6 is 0 Å². The lowest BCUT2D eigenvalue weighted by Gasteiger charge is -2.46. The Balaban J connectivity index is 2.11. The minimum Gasteiger partial charge on any atom is -0.480 e. The predicted octanol–water partition coefficient (Wildman–Crippen LogP) is 3.00. The van der Waals surface area contributed by atoms with Gasteiger partial charge in [0.25, 0.3) is 0 Å². The van der Waals surface area contributed by atoms with Crippen LogP contribution in [-0.4, -0.2) is 34.6 Å². The van der Waals surface area contributed by atoms with Gasteiger partial charge in [-0.2, -0.15) is 0 Å². The normalized spacial score (nSPS) is 42.7. The average Bonchev–Trinajstić information content (AvgIpc) is 2.26. The Kier molecular flexibility index (Phi) is 4.31. The van der Waals surface area contributed by atoms with Crippen molar-refractivity contribution in [3.63, 3.8) is 0 Å². The second-order valence-corrected chi connectivity index (χ2v) is 6.71. The Morgan fingerprint density at radius 1 is 1.11 bits per heavy atom. The van der Waals surface area contributed by atoms with Crippen molar-refractivity contribution in [2.75, 3.05) is 6.54 Å². The van der Waals surface area contributed by atoms with Crippen LogP contribution < -0.4 is 0 Å². The second kappa shape index (κ2) is 5.60. The number of aliphatic carboxylic acids is 1.